The zero-order chi connectivity index (χ0) is 38.8. The van der Waals surface area contributed by atoms with Crippen LogP contribution >= 0.6 is 0 Å². The Bertz CT molecular complexity index is 1890. The highest BCUT2D eigenvalue weighted by Crippen LogP contribution is 2.32. The van der Waals surface area contributed by atoms with Crippen molar-refractivity contribution in [1.29, 1.82) is 5.41 Å². The molecule has 0 radical (unpaired) electrons. The van der Waals surface area contributed by atoms with Gasteiger partial charge in [0, 0.05) is 43.1 Å². The van der Waals surface area contributed by atoms with E-state index in [0.717, 1.165) is 18.4 Å². The number of pyridine rings is 1. The summed E-state index contributed by atoms with van der Waals surface area (Å²) in [6.07, 6.45) is -0.616. The number of carbonyl (C=O) groups is 5. The second-order valence-corrected chi connectivity index (χ2v) is 13.0. The number of carbonyl (C=O) groups excluding carboxylic acids is 5. The molecule has 0 spiro atoms. The molecule has 0 bridgehead atoms. The molecule has 14 nitrogen and oxygen atoms in total. The lowest BCUT2D eigenvalue weighted by Gasteiger charge is -2.18. The first kappa shape index (κ1) is 39.9. The quantitative estimate of drug-likeness (QED) is 0.0371. The minimum atomic E-state index is -1.37. The number of amides is 2. The Hall–Kier alpha value is -5.89. The summed E-state index contributed by atoms with van der Waals surface area (Å²) in [6, 6.07) is 12.9. The maximum absolute atomic E-state index is 14.0. The third kappa shape index (κ3) is 11.3. The summed E-state index contributed by atoms with van der Waals surface area (Å²) in [5.41, 5.74) is 8.39. The number of aromatic nitrogens is 1. The number of rotatable bonds is 15. The molecule has 280 valence electrons. The molecule has 2 amide bonds. The van der Waals surface area contributed by atoms with Gasteiger partial charge in [0.2, 0.25) is 6.29 Å². The largest absolute Gasteiger partial charge is 0.511 e. The lowest BCUT2D eigenvalue weighted by Crippen LogP contribution is -2.35. The highest BCUT2D eigenvalue weighted by atomic mass is 16.8. The van der Waals surface area contributed by atoms with Crippen LogP contribution < -0.4 is 16.4 Å². The third-order valence-electron chi connectivity index (χ3n) is 8.13. The average Bonchev–Trinajstić information content (AvgIpc) is 3.94. The summed E-state index contributed by atoms with van der Waals surface area (Å²) in [7, 11) is 0. The van der Waals surface area contributed by atoms with Crippen LogP contribution in [0.1, 0.15) is 94.1 Å². The van der Waals surface area contributed by atoms with Crippen LogP contribution in [-0.4, -0.2) is 72.3 Å². The molecule has 1 saturated carbocycles. The predicted octanol–water partition coefficient (Wildman–Crippen LogP) is 5.73. The number of nitrogens with one attached hydrogen (secondary N) is 3. The van der Waals surface area contributed by atoms with E-state index >= 15 is 0 Å². The number of Topliss-reactive ketones (excluding diaryl/α,β-unsaturated/α-hetero) is 1. The van der Waals surface area contributed by atoms with E-state index in [4.69, 9.17) is 30.1 Å². The average molecular weight is 728 g/mol. The molecule has 1 aliphatic carbocycles. The van der Waals surface area contributed by atoms with E-state index in [1.807, 2.05) is 6.92 Å². The molecule has 1 aromatic heterocycles. The van der Waals surface area contributed by atoms with Crippen molar-refractivity contribution >= 4 is 41.8 Å². The van der Waals surface area contributed by atoms with Crippen LogP contribution in [0.4, 0.5) is 9.59 Å². The number of nitrogens with two attached hydrogens (primary N) is 1. The Morgan fingerprint density at radius 1 is 0.962 bits per heavy atom. The number of nitrogens with zero attached hydrogens (tertiary/aromatic N) is 1. The van der Waals surface area contributed by atoms with Gasteiger partial charge in [-0.2, -0.15) is 0 Å². The second kappa shape index (κ2) is 18.0. The Labute approximate surface area is 307 Å². The van der Waals surface area contributed by atoms with Crippen molar-refractivity contribution in [3.05, 3.63) is 94.3 Å². The Morgan fingerprint density at radius 3 is 2.28 bits per heavy atom. The molecule has 5 N–H and O–H groups in total. The van der Waals surface area contributed by atoms with Gasteiger partial charge in [-0.15, -0.1) is 0 Å². The summed E-state index contributed by atoms with van der Waals surface area (Å²) in [6.45, 7) is 12.5. The molecule has 2 aromatic carbocycles. The van der Waals surface area contributed by atoms with Crippen molar-refractivity contribution in [2.45, 2.75) is 72.4 Å². The van der Waals surface area contributed by atoms with Gasteiger partial charge in [0.1, 0.15) is 17.6 Å². The summed E-state index contributed by atoms with van der Waals surface area (Å²) >= 11 is 0. The van der Waals surface area contributed by atoms with Gasteiger partial charge in [0.25, 0.3) is 5.91 Å². The molecule has 0 saturated heterocycles. The van der Waals surface area contributed by atoms with Gasteiger partial charge in [-0.05, 0) is 86.9 Å². The van der Waals surface area contributed by atoms with Crippen LogP contribution in [0.2, 0.25) is 0 Å². The molecule has 0 aliphatic heterocycles. The normalized spacial score (nSPS) is 13.3. The number of amidine groups is 1. The van der Waals surface area contributed by atoms with Crippen LogP contribution in [0, 0.1) is 18.3 Å². The molecule has 3 aromatic rings. The van der Waals surface area contributed by atoms with Crippen LogP contribution in [0.25, 0.3) is 17.2 Å². The van der Waals surface area contributed by atoms with Crippen LogP contribution in [0.15, 0.2) is 55.1 Å². The van der Waals surface area contributed by atoms with Crippen LogP contribution in [-0.2, 0) is 25.4 Å². The second-order valence-electron chi connectivity index (χ2n) is 13.0. The Kier molecular flexibility index (Phi) is 13.6. The maximum atomic E-state index is 14.0. The van der Waals surface area contributed by atoms with Crippen molar-refractivity contribution in [1.82, 2.24) is 15.6 Å². The Balaban J connectivity index is 1.66. The van der Waals surface area contributed by atoms with Crippen molar-refractivity contribution < 1.29 is 42.9 Å². The van der Waals surface area contributed by atoms with Gasteiger partial charge in [-0.3, -0.25) is 20.3 Å². The van der Waals surface area contributed by atoms with Crippen LogP contribution in [0.3, 0.4) is 0 Å². The summed E-state index contributed by atoms with van der Waals surface area (Å²) in [5.74, 6) is -1.59. The maximum Gasteiger partial charge on any atom is 0.511 e. The van der Waals surface area contributed by atoms with Crippen molar-refractivity contribution in [2.24, 2.45) is 11.7 Å². The summed E-state index contributed by atoms with van der Waals surface area (Å²) in [5, 5.41) is 13.4. The standard InChI is InChI=1S/C39H45N5O9/c1-7-27-18-31(33(45)17-25-10-12-28(13-11-25)35(41)44-38(48)51-23(5)19-40)30(16-22(27)4)29-14-15-32(36(46)42-20-26-8-9-26)43-34(29)37(47)52-24(6)53-39(49)50-21(2)3/h7,10-16,18,21,23-24,26H,1,8-9,17,19-20,40H2,2-6H3,(H,42,46)(H2,41,44,48). The van der Waals surface area contributed by atoms with E-state index in [2.05, 4.69) is 22.2 Å². The molecule has 1 aliphatic rings. The lowest BCUT2D eigenvalue weighted by atomic mass is 9.89. The molecular formula is C39H45N5O9. The minimum Gasteiger partial charge on any atom is -0.445 e. The lowest BCUT2D eigenvalue weighted by molar-refractivity contribution is -0.0868. The fourth-order valence-electron chi connectivity index (χ4n) is 5.10. The smallest absolute Gasteiger partial charge is 0.445 e. The van der Waals surface area contributed by atoms with Crippen molar-refractivity contribution in [3.63, 3.8) is 0 Å². The highest BCUT2D eigenvalue weighted by Gasteiger charge is 2.27. The fraction of sp³-hybridized carbons (Fsp3) is 0.359. The SMILES string of the molecule is C=Cc1cc(C(=O)Cc2ccc(C(=N)NC(=O)OC(C)CN)cc2)c(-c2ccc(C(=O)NCC3CC3)nc2C(=O)OC(C)OC(=O)OC(C)C)cc1C. The first-order chi connectivity index (χ1) is 25.2. The van der Waals surface area contributed by atoms with Gasteiger partial charge in [-0.25, -0.2) is 19.4 Å². The Morgan fingerprint density at radius 2 is 1.66 bits per heavy atom. The van der Waals surface area contributed by atoms with E-state index in [-0.39, 0.29) is 47.1 Å². The van der Waals surface area contributed by atoms with E-state index < -0.39 is 42.6 Å². The molecular weight excluding hydrogens is 682 g/mol. The number of aryl methyl sites for hydroxylation is 1. The number of ether oxygens (including phenoxy) is 4. The zero-order valence-electron chi connectivity index (χ0n) is 30.4. The zero-order valence-corrected chi connectivity index (χ0v) is 30.4. The van der Waals surface area contributed by atoms with E-state index in [9.17, 15) is 24.0 Å². The first-order valence-electron chi connectivity index (χ1n) is 17.2. The van der Waals surface area contributed by atoms with Gasteiger partial charge in [0.05, 0.1) is 6.10 Å². The molecule has 1 fully saturated rings. The monoisotopic (exact) mass is 727 g/mol. The molecule has 1 heterocycles. The minimum absolute atomic E-state index is 0.0382. The van der Waals surface area contributed by atoms with Crippen molar-refractivity contribution in [2.75, 3.05) is 13.1 Å². The summed E-state index contributed by atoms with van der Waals surface area (Å²) in [4.78, 5) is 69.3. The fourth-order valence-corrected chi connectivity index (χ4v) is 5.10. The third-order valence-corrected chi connectivity index (χ3v) is 8.13. The van der Waals surface area contributed by atoms with Crippen molar-refractivity contribution in [3.8, 4) is 11.1 Å². The van der Waals surface area contributed by atoms with E-state index in [1.54, 1.807) is 63.2 Å². The van der Waals surface area contributed by atoms with Crippen LogP contribution in [0.5, 0.6) is 0 Å². The van der Waals surface area contributed by atoms with E-state index in [0.29, 0.717) is 34.7 Å². The van der Waals surface area contributed by atoms with Gasteiger partial charge in [-0.1, -0.05) is 43.0 Å². The number of esters is 1. The molecule has 2 atom stereocenters. The molecule has 14 heteroatoms. The topological polar surface area (TPSA) is 209 Å². The number of hydrogen-bond donors (Lipinski definition) is 4. The molecule has 2 unspecified atom stereocenters. The number of alkyl carbamates (subject to hydrolysis) is 1. The highest BCUT2D eigenvalue weighted by molar-refractivity contribution is 6.08. The summed E-state index contributed by atoms with van der Waals surface area (Å²) < 4.78 is 20.5. The predicted molar refractivity (Wildman–Crippen MR) is 197 cm³/mol. The van der Waals surface area contributed by atoms with Gasteiger partial charge in [0.15, 0.2) is 11.5 Å². The van der Waals surface area contributed by atoms with E-state index in [1.165, 1.54) is 19.1 Å². The number of ketones is 1. The molecule has 4 rings (SSSR count). The first-order valence-corrected chi connectivity index (χ1v) is 17.2. The van der Waals surface area contributed by atoms with Gasteiger partial charge >= 0.3 is 18.2 Å². The number of benzene rings is 2. The number of hydrogen-bond acceptors (Lipinski definition) is 12. The van der Waals surface area contributed by atoms with Gasteiger partial charge < -0.3 is 30.0 Å². The molecule has 53 heavy (non-hydrogen) atoms.